The number of ether oxygens (including phenoxy) is 1. The minimum absolute atomic E-state index is 0.0618. The highest BCUT2D eigenvalue weighted by molar-refractivity contribution is 7.09. The molecule has 2 saturated heterocycles. The van der Waals surface area contributed by atoms with Crippen molar-refractivity contribution >= 4 is 34.5 Å². The average molecular weight is 562 g/mol. The highest BCUT2D eigenvalue weighted by Crippen LogP contribution is 2.39. The molecule has 2 amide bonds. The summed E-state index contributed by atoms with van der Waals surface area (Å²) in [6.45, 7) is 6.43. The summed E-state index contributed by atoms with van der Waals surface area (Å²) in [6, 6.07) is 15.1. The van der Waals surface area contributed by atoms with Crippen molar-refractivity contribution in [1.29, 1.82) is 0 Å². The van der Waals surface area contributed by atoms with Gasteiger partial charge in [0.15, 0.2) is 0 Å². The predicted octanol–water partition coefficient (Wildman–Crippen LogP) is 3.12. The monoisotopic (exact) mass is 561 g/mol. The molecule has 1 aromatic carbocycles. The third kappa shape index (κ3) is 5.99. The summed E-state index contributed by atoms with van der Waals surface area (Å²) >= 11 is 1.60. The van der Waals surface area contributed by atoms with Gasteiger partial charge >= 0.3 is 0 Å². The molecule has 0 aliphatic carbocycles. The number of nitrogens with zero attached hydrogens (tertiary/aromatic N) is 3. The maximum absolute atomic E-state index is 13.1. The molecule has 0 saturated carbocycles. The van der Waals surface area contributed by atoms with Crippen LogP contribution in [0, 0.1) is 5.92 Å². The second kappa shape index (κ2) is 12.0. The molecule has 9 nitrogen and oxygen atoms in total. The lowest BCUT2D eigenvalue weighted by molar-refractivity contribution is -0.116. The number of morpholine rings is 1. The Balaban J connectivity index is 1.22. The van der Waals surface area contributed by atoms with E-state index in [0.29, 0.717) is 56.4 Å². The first-order chi connectivity index (χ1) is 19.5. The molecule has 3 aliphatic rings. The van der Waals surface area contributed by atoms with Crippen LogP contribution in [0.5, 0.6) is 0 Å². The Labute approximate surface area is 237 Å². The lowest BCUT2D eigenvalue weighted by atomic mass is 9.83. The summed E-state index contributed by atoms with van der Waals surface area (Å²) in [4.78, 5) is 44.3. The third-order valence-corrected chi connectivity index (χ3v) is 8.99. The predicted molar refractivity (Wildman–Crippen MR) is 156 cm³/mol. The zero-order valence-corrected chi connectivity index (χ0v) is 23.3. The van der Waals surface area contributed by atoms with E-state index in [0.717, 1.165) is 48.9 Å². The third-order valence-electron chi connectivity index (χ3n) is 8.12. The van der Waals surface area contributed by atoms with Gasteiger partial charge in [0.2, 0.25) is 5.91 Å². The molecule has 5 heterocycles. The molecule has 40 heavy (non-hydrogen) atoms. The first kappa shape index (κ1) is 26.7. The Hall–Kier alpha value is -3.47. The summed E-state index contributed by atoms with van der Waals surface area (Å²) < 4.78 is 7.34. The molecule has 2 atom stereocenters. The van der Waals surface area contributed by atoms with Crippen molar-refractivity contribution in [2.24, 2.45) is 5.92 Å². The highest BCUT2D eigenvalue weighted by Gasteiger charge is 2.35. The van der Waals surface area contributed by atoms with Gasteiger partial charge in [0.25, 0.3) is 11.5 Å². The molecule has 2 fully saturated rings. The lowest BCUT2D eigenvalue weighted by Gasteiger charge is -2.44. The molecule has 2 N–H and O–H groups in total. The van der Waals surface area contributed by atoms with Gasteiger partial charge in [-0.2, -0.15) is 0 Å². The number of anilines is 2. The molecule has 2 bridgehead atoms. The Morgan fingerprint density at radius 3 is 2.73 bits per heavy atom. The van der Waals surface area contributed by atoms with Gasteiger partial charge in [0, 0.05) is 73.8 Å². The van der Waals surface area contributed by atoms with Gasteiger partial charge in [-0.25, -0.2) is 0 Å². The number of nitrogens with one attached hydrogen (secondary N) is 2. The van der Waals surface area contributed by atoms with Crippen LogP contribution in [0.25, 0.3) is 0 Å². The highest BCUT2D eigenvalue weighted by atomic mass is 32.1. The number of rotatable bonds is 8. The summed E-state index contributed by atoms with van der Waals surface area (Å²) in [5.41, 5.74) is 3.22. The van der Waals surface area contributed by atoms with Gasteiger partial charge in [-0.3, -0.25) is 19.3 Å². The quantitative estimate of drug-likeness (QED) is 0.439. The molecule has 3 aromatic rings. The van der Waals surface area contributed by atoms with Crippen molar-refractivity contribution < 1.29 is 14.3 Å². The SMILES string of the molecule is O=C(CCN1CCOCC1)Nc1cc(C(=O)NCc2cccs2)ccc1N1CC2CC(C1)c1cccc(=O)n1C2. The fourth-order valence-electron chi connectivity index (χ4n) is 6.13. The van der Waals surface area contributed by atoms with E-state index in [-0.39, 0.29) is 23.3 Å². The molecule has 10 heteroatoms. The van der Waals surface area contributed by atoms with Gasteiger partial charge < -0.3 is 24.8 Å². The first-order valence-electron chi connectivity index (χ1n) is 14.0. The van der Waals surface area contributed by atoms with Crippen LogP contribution in [0.15, 0.2) is 58.7 Å². The fraction of sp³-hybridized carbons (Fsp3) is 0.433. The summed E-state index contributed by atoms with van der Waals surface area (Å²) in [5, 5.41) is 8.12. The number of carbonyl (C=O) groups is 2. The number of fused-ring (bicyclic) bond motifs is 4. The Morgan fingerprint density at radius 2 is 1.90 bits per heavy atom. The minimum atomic E-state index is -0.174. The lowest BCUT2D eigenvalue weighted by Crippen LogP contribution is -2.47. The smallest absolute Gasteiger partial charge is 0.251 e. The number of amides is 2. The van der Waals surface area contributed by atoms with Gasteiger partial charge in [-0.05, 0) is 48.1 Å². The normalized spacial score (nSPS) is 20.6. The zero-order valence-electron chi connectivity index (χ0n) is 22.5. The second-order valence-corrected chi connectivity index (χ2v) is 11.9. The number of thiophene rings is 1. The van der Waals surface area contributed by atoms with Gasteiger partial charge in [-0.15, -0.1) is 11.3 Å². The van der Waals surface area contributed by atoms with E-state index in [4.69, 9.17) is 4.74 Å². The molecular weight excluding hydrogens is 526 g/mol. The molecule has 210 valence electrons. The molecular formula is C30H35N5O4S. The molecule has 6 rings (SSSR count). The van der Waals surface area contributed by atoms with Crippen LogP contribution < -0.4 is 21.1 Å². The maximum Gasteiger partial charge on any atom is 0.251 e. The van der Waals surface area contributed by atoms with E-state index in [1.54, 1.807) is 23.5 Å². The number of carbonyl (C=O) groups excluding carboxylic acids is 2. The van der Waals surface area contributed by atoms with Crippen LogP contribution in [-0.4, -0.2) is 67.2 Å². The fourth-order valence-corrected chi connectivity index (χ4v) is 6.77. The van der Waals surface area contributed by atoms with Crippen LogP contribution in [-0.2, 0) is 22.6 Å². The summed E-state index contributed by atoms with van der Waals surface area (Å²) in [5.74, 6) is 0.329. The van der Waals surface area contributed by atoms with Crippen LogP contribution in [0.1, 0.15) is 39.7 Å². The Bertz CT molecular complexity index is 1420. The van der Waals surface area contributed by atoms with E-state index in [9.17, 15) is 14.4 Å². The maximum atomic E-state index is 13.1. The molecule has 3 aliphatic heterocycles. The summed E-state index contributed by atoms with van der Waals surface area (Å²) in [6.07, 6.45) is 1.42. The Kier molecular flexibility index (Phi) is 7.99. The van der Waals surface area contributed by atoms with E-state index >= 15 is 0 Å². The van der Waals surface area contributed by atoms with Crippen LogP contribution >= 0.6 is 11.3 Å². The molecule has 2 aromatic heterocycles. The number of hydrogen-bond donors (Lipinski definition) is 2. The van der Waals surface area contributed by atoms with E-state index in [1.807, 2.05) is 40.3 Å². The van der Waals surface area contributed by atoms with Crippen LogP contribution in [0.2, 0.25) is 0 Å². The van der Waals surface area contributed by atoms with Crippen LogP contribution in [0.4, 0.5) is 11.4 Å². The van der Waals surface area contributed by atoms with E-state index in [2.05, 4.69) is 26.5 Å². The molecule has 0 radical (unpaired) electrons. The number of benzene rings is 1. The van der Waals surface area contributed by atoms with E-state index in [1.165, 1.54) is 0 Å². The van der Waals surface area contributed by atoms with Crippen LogP contribution in [0.3, 0.4) is 0 Å². The summed E-state index contributed by atoms with van der Waals surface area (Å²) in [7, 11) is 0. The molecule has 0 spiro atoms. The van der Waals surface area contributed by atoms with Crippen molar-refractivity contribution in [3.05, 3.63) is 80.4 Å². The number of hydrogen-bond acceptors (Lipinski definition) is 7. The zero-order chi connectivity index (χ0) is 27.5. The Morgan fingerprint density at radius 1 is 1.02 bits per heavy atom. The standard InChI is InChI=1S/C30H35N5O4S/c36-28(8-9-33-10-12-39-13-11-33)32-25-16-22(30(38)31-17-24-3-2-14-40-24)6-7-27(25)34-18-21-15-23(20-34)26-4-1-5-29(37)35(26)19-21/h1-7,14,16,21,23H,8-13,15,17-20H2,(H,31,38)(H,32,36). The average Bonchev–Trinajstić information content (AvgIpc) is 3.50. The first-order valence-corrected chi connectivity index (χ1v) is 14.9. The minimum Gasteiger partial charge on any atom is -0.379 e. The van der Waals surface area contributed by atoms with Crippen molar-refractivity contribution in [1.82, 2.24) is 14.8 Å². The van der Waals surface area contributed by atoms with Gasteiger partial charge in [-0.1, -0.05) is 12.1 Å². The molecule has 2 unspecified atom stereocenters. The van der Waals surface area contributed by atoms with Gasteiger partial charge in [0.1, 0.15) is 0 Å². The van der Waals surface area contributed by atoms with Gasteiger partial charge in [0.05, 0.1) is 31.1 Å². The number of aromatic nitrogens is 1. The second-order valence-electron chi connectivity index (χ2n) is 10.8. The van der Waals surface area contributed by atoms with E-state index < -0.39 is 0 Å². The van der Waals surface area contributed by atoms with Crippen molar-refractivity contribution in [2.75, 3.05) is 56.2 Å². The topological polar surface area (TPSA) is 95.9 Å². The largest absolute Gasteiger partial charge is 0.379 e. The van der Waals surface area contributed by atoms with Crippen molar-refractivity contribution in [3.63, 3.8) is 0 Å². The van der Waals surface area contributed by atoms with Crippen molar-refractivity contribution in [2.45, 2.75) is 31.8 Å². The number of piperidine rings is 1. The van der Waals surface area contributed by atoms with Crippen molar-refractivity contribution in [3.8, 4) is 0 Å². The number of pyridine rings is 1.